The summed E-state index contributed by atoms with van der Waals surface area (Å²) >= 11 is 1.84. The van der Waals surface area contributed by atoms with Gasteiger partial charge in [-0.15, -0.1) is 11.3 Å². The molecule has 2 saturated heterocycles. The Labute approximate surface area is 100 Å². The Morgan fingerprint density at radius 1 is 1.31 bits per heavy atom. The molecule has 2 unspecified atom stereocenters. The highest BCUT2D eigenvalue weighted by Crippen LogP contribution is 2.33. The van der Waals surface area contributed by atoms with E-state index in [1.54, 1.807) is 0 Å². The molecule has 16 heavy (non-hydrogen) atoms. The van der Waals surface area contributed by atoms with Crippen molar-refractivity contribution < 1.29 is 4.79 Å². The van der Waals surface area contributed by atoms with Crippen LogP contribution in [0.3, 0.4) is 0 Å². The van der Waals surface area contributed by atoms with Gasteiger partial charge in [-0.05, 0) is 30.7 Å². The Kier molecular flexibility index (Phi) is 2.82. The molecule has 0 saturated carbocycles. The number of hydrogen-bond acceptors (Lipinski definition) is 3. The monoisotopic (exact) mass is 235 g/mol. The molecule has 0 N–H and O–H groups in total. The molecule has 1 aromatic heterocycles. The van der Waals surface area contributed by atoms with Gasteiger partial charge in [-0.25, -0.2) is 0 Å². The van der Waals surface area contributed by atoms with Gasteiger partial charge in [0.2, 0.25) is 0 Å². The summed E-state index contributed by atoms with van der Waals surface area (Å²) in [6, 6.07) is 5.45. The molecule has 3 rings (SSSR count). The number of carbonyl (C=O) groups excluding carboxylic acids is 1. The standard InChI is InChI=1S/C13H17NOS/c15-12-8-10-3-4-11(9-12)14(10)6-5-13-2-1-7-16-13/h1-2,7,10-11H,3-6,8-9H2. The number of rotatable bonds is 3. The lowest BCUT2D eigenvalue weighted by molar-refractivity contribution is -0.123. The molecular weight excluding hydrogens is 218 g/mol. The summed E-state index contributed by atoms with van der Waals surface area (Å²) < 4.78 is 0. The number of fused-ring (bicyclic) bond motifs is 2. The summed E-state index contributed by atoms with van der Waals surface area (Å²) in [5, 5.41) is 2.14. The van der Waals surface area contributed by atoms with Gasteiger partial charge >= 0.3 is 0 Å². The molecule has 0 spiro atoms. The zero-order chi connectivity index (χ0) is 11.0. The molecule has 0 radical (unpaired) electrons. The predicted octanol–water partition coefficient (Wildman–Crippen LogP) is 2.49. The number of thiophene rings is 1. The zero-order valence-corrected chi connectivity index (χ0v) is 10.2. The smallest absolute Gasteiger partial charge is 0.136 e. The van der Waals surface area contributed by atoms with E-state index in [9.17, 15) is 4.79 Å². The van der Waals surface area contributed by atoms with E-state index in [2.05, 4.69) is 22.4 Å². The zero-order valence-electron chi connectivity index (χ0n) is 9.39. The third kappa shape index (κ3) is 1.94. The SMILES string of the molecule is O=C1CC2CCC(C1)N2CCc1cccs1. The topological polar surface area (TPSA) is 20.3 Å². The van der Waals surface area contributed by atoms with E-state index in [1.807, 2.05) is 11.3 Å². The lowest BCUT2D eigenvalue weighted by atomic mass is 10.0. The lowest BCUT2D eigenvalue weighted by Gasteiger charge is -2.33. The molecule has 0 aromatic carbocycles. The van der Waals surface area contributed by atoms with Gasteiger partial charge in [0.25, 0.3) is 0 Å². The van der Waals surface area contributed by atoms with E-state index in [-0.39, 0.29) is 0 Å². The van der Waals surface area contributed by atoms with Crippen LogP contribution in [-0.2, 0) is 11.2 Å². The minimum Gasteiger partial charge on any atom is -0.300 e. The Hall–Kier alpha value is -0.670. The average molecular weight is 235 g/mol. The van der Waals surface area contributed by atoms with Crippen LogP contribution in [0.15, 0.2) is 17.5 Å². The molecule has 0 amide bonds. The molecule has 2 aliphatic rings. The third-order valence-electron chi connectivity index (χ3n) is 3.89. The maximum atomic E-state index is 11.5. The molecule has 2 fully saturated rings. The van der Waals surface area contributed by atoms with E-state index < -0.39 is 0 Å². The first-order valence-electron chi connectivity index (χ1n) is 6.13. The van der Waals surface area contributed by atoms with Gasteiger partial charge < -0.3 is 0 Å². The van der Waals surface area contributed by atoms with E-state index in [4.69, 9.17) is 0 Å². The van der Waals surface area contributed by atoms with Crippen molar-refractivity contribution in [3.8, 4) is 0 Å². The normalized spacial score (nSPS) is 29.9. The molecule has 86 valence electrons. The van der Waals surface area contributed by atoms with E-state index in [0.29, 0.717) is 17.9 Å². The summed E-state index contributed by atoms with van der Waals surface area (Å²) in [5.41, 5.74) is 0. The van der Waals surface area contributed by atoms with Crippen molar-refractivity contribution in [2.75, 3.05) is 6.54 Å². The quantitative estimate of drug-likeness (QED) is 0.802. The number of hydrogen-bond donors (Lipinski definition) is 0. The fourth-order valence-corrected chi connectivity index (χ4v) is 3.82. The first-order chi connectivity index (χ1) is 7.83. The summed E-state index contributed by atoms with van der Waals surface area (Å²) in [5.74, 6) is 0.486. The first kappa shape index (κ1) is 10.5. The molecule has 2 atom stereocenters. The number of nitrogens with zero attached hydrogens (tertiary/aromatic N) is 1. The van der Waals surface area contributed by atoms with E-state index in [1.165, 1.54) is 17.7 Å². The van der Waals surface area contributed by atoms with E-state index >= 15 is 0 Å². The Balaban J connectivity index is 1.61. The molecular formula is C13H17NOS. The molecule has 0 aliphatic carbocycles. The van der Waals surface area contributed by atoms with Crippen molar-refractivity contribution in [1.29, 1.82) is 0 Å². The Morgan fingerprint density at radius 2 is 2.06 bits per heavy atom. The summed E-state index contributed by atoms with van der Waals surface area (Å²) in [4.78, 5) is 15.5. The second kappa shape index (κ2) is 4.30. The maximum Gasteiger partial charge on any atom is 0.136 e. The molecule has 3 heterocycles. The second-order valence-electron chi connectivity index (χ2n) is 4.90. The van der Waals surface area contributed by atoms with Gasteiger partial charge in [0, 0.05) is 36.3 Å². The fourth-order valence-electron chi connectivity index (χ4n) is 3.12. The van der Waals surface area contributed by atoms with Gasteiger partial charge in [-0.1, -0.05) is 6.07 Å². The highest BCUT2D eigenvalue weighted by molar-refractivity contribution is 7.09. The highest BCUT2D eigenvalue weighted by Gasteiger charge is 2.39. The van der Waals surface area contributed by atoms with Crippen LogP contribution < -0.4 is 0 Å². The molecule has 2 nitrogen and oxygen atoms in total. The van der Waals surface area contributed by atoms with Crippen LogP contribution in [0.5, 0.6) is 0 Å². The predicted molar refractivity (Wildman–Crippen MR) is 65.8 cm³/mol. The van der Waals surface area contributed by atoms with Crippen LogP contribution >= 0.6 is 11.3 Å². The third-order valence-corrected chi connectivity index (χ3v) is 4.83. The van der Waals surface area contributed by atoms with Crippen LogP contribution in [0.25, 0.3) is 0 Å². The fraction of sp³-hybridized carbons (Fsp3) is 0.615. The maximum absolute atomic E-state index is 11.5. The van der Waals surface area contributed by atoms with Crippen molar-refractivity contribution in [3.05, 3.63) is 22.4 Å². The number of carbonyl (C=O) groups is 1. The first-order valence-corrected chi connectivity index (χ1v) is 7.01. The second-order valence-corrected chi connectivity index (χ2v) is 5.93. The summed E-state index contributed by atoms with van der Waals surface area (Å²) in [6.45, 7) is 1.14. The molecule has 3 heteroatoms. The average Bonchev–Trinajstić information content (AvgIpc) is 2.83. The van der Waals surface area contributed by atoms with Gasteiger partial charge in [0.1, 0.15) is 5.78 Å². The highest BCUT2D eigenvalue weighted by atomic mass is 32.1. The van der Waals surface area contributed by atoms with Crippen LogP contribution in [0.1, 0.15) is 30.6 Å². The van der Waals surface area contributed by atoms with Crippen molar-refractivity contribution >= 4 is 17.1 Å². The van der Waals surface area contributed by atoms with Gasteiger partial charge in [-0.2, -0.15) is 0 Å². The Bertz CT molecular complexity index is 357. The van der Waals surface area contributed by atoms with Crippen molar-refractivity contribution in [3.63, 3.8) is 0 Å². The van der Waals surface area contributed by atoms with Crippen molar-refractivity contribution in [2.45, 2.75) is 44.2 Å². The number of piperidine rings is 1. The van der Waals surface area contributed by atoms with Crippen LogP contribution in [0, 0.1) is 0 Å². The van der Waals surface area contributed by atoms with Crippen molar-refractivity contribution in [2.24, 2.45) is 0 Å². The summed E-state index contributed by atoms with van der Waals surface area (Å²) in [6.07, 6.45) is 5.24. The lowest BCUT2D eigenvalue weighted by Crippen LogP contribution is -2.43. The Morgan fingerprint density at radius 3 is 2.69 bits per heavy atom. The van der Waals surface area contributed by atoms with Gasteiger partial charge in [0.05, 0.1) is 0 Å². The number of ketones is 1. The van der Waals surface area contributed by atoms with Crippen LogP contribution in [0.4, 0.5) is 0 Å². The van der Waals surface area contributed by atoms with Gasteiger partial charge in [-0.3, -0.25) is 9.69 Å². The minimum atomic E-state index is 0.486. The van der Waals surface area contributed by atoms with E-state index in [0.717, 1.165) is 25.8 Å². The van der Waals surface area contributed by atoms with Crippen LogP contribution in [0.2, 0.25) is 0 Å². The number of Topliss-reactive ketones (excluding diaryl/α,β-unsaturated/α-hetero) is 1. The largest absolute Gasteiger partial charge is 0.300 e. The molecule has 2 aliphatic heterocycles. The van der Waals surface area contributed by atoms with Gasteiger partial charge in [0.15, 0.2) is 0 Å². The van der Waals surface area contributed by atoms with Crippen molar-refractivity contribution in [1.82, 2.24) is 4.90 Å². The summed E-state index contributed by atoms with van der Waals surface area (Å²) in [7, 11) is 0. The molecule has 1 aromatic rings. The molecule has 2 bridgehead atoms. The minimum absolute atomic E-state index is 0.486. The van der Waals surface area contributed by atoms with Crippen LogP contribution in [-0.4, -0.2) is 29.3 Å².